The summed E-state index contributed by atoms with van der Waals surface area (Å²) in [5.74, 6) is -0.670. The lowest BCUT2D eigenvalue weighted by atomic mass is 10.1. The number of nitrogens with two attached hydrogens (primary N) is 1. The highest BCUT2D eigenvalue weighted by Gasteiger charge is 2.09. The third-order valence-electron chi connectivity index (χ3n) is 2.42. The van der Waals surface area contributed by atoms with E-state index >= 15 is 0 Å². The number of nitrogen functional groups attached to an aromatic ring is 1. The maximum Gasteiger partial charge on any atom is 0.185 e. The molecule has 5 heteroatoms. The van der Waals surface area contributed by atoms with E-state index < -0.39 is 5.82 Å². The molecule has 2 N–H and O–H groups in total. The van der Waals surface area contributed by atoms with E-state index in [1.807, 2.05) is 0 Å². The zero-order chi connectivity index (χ0) is 13.1. The molecular weight excluding hydrogens is 255 g/mol. The van der Waals surface area contributed by atoms with Gasteiger partial charge in [-0.05, 0) is 29.8 Å². The van der Waals surface area contributed by atoms with E-state index in [2.05, 4.69) is 4.98 Å². The second-order valence-electron chi connectivity index (χ2n) is 3.83. The fourth-order valence-corrected chi connectivity index (χ4v) is 1.70. The van der Waals surface area contributed by atoms with Crippen LogP contribution in [0.3, 0.4) is 0 Å². The van der Waals surface area contributed by atoms with E-state index in [1.165, 1.54) is 24.4 Å². The summed E-state index contributed by atoms with van der Waals surface area (Å²) < 4.78 is 13.0. The van der Waals surface area contributed by atoms with Crippen molar-refractivity contribution in [2.24, 2.45) is 0 Å². The van der Waals surface area contributed by atoms with Gasteiger partial charge < -0.3 is 5.73 Å². The third kappa shape index (κ3) is 2.84. The molecule has 92 valence electrons. The number of anilines is 1. The fourth-order valence-electron chi connectivity index (χ4n) is 1.50. The molecule has 0 aliphatic rings. The van der Waals surface area contributed by atoms with Gasteiger partial charge in [0.1, 0.15) is 11.5 Å². The molecule has 0 radical (unpaired) electrons. The molecule has 2 aromatic rings. The molecule has 0 saturated heterocycles. The topological polar surface area (TPSA) is 56.0 Å². The SMILES string of the molecule is Nc1ccc(C(=O)Cc2ccc(F)c(Cl)c2)nc1. The number of hydrogen-bond acceptors (Lipinski definition) is 3. The van der Waals surface area contributed by atoms with E-state index in [0.717, 1.165) is 0 Å². The van der Waals surface area contributed by atoms with Crippen LogP contribution in [0.2, 0.25) is 5.02 Å². The Hall–Kier alpha value is -1.94. The smallest absolute Gasteiger partial charge is 0.185 e. The highest BCUT2D eigenvalue weighted by Crippen LogP contribution is 2.17. The molecule has 1 aromatic heterocycles. The molecule has 3 nitrogen and oxygen atoms in total. The molecule has 0 saturated carbocycles. The van der Waals surface area contributed by atoms with Gasteiger partial charge in [0.2, 0.25) is 0 Å². The monoisotopic (exact) mass is 264 g/mol. The van der Waals surface area contributed by atoms with Crippen LogP contribution in [-0.4, -0.2) is 10.8 Å². The van der Waals surface area contributed by atoms with Gasteiger partial charge >= 0.3 is 0 Å². The molecule has 1 aromatic carbocycles. The highest BCUT2D eigenvalue weighted by molar-refractivity contribution is 6.30. The molecule has 18 heavy (non-hydrogen) atoms. The van der Waals surface area contributed by atoms with Crippen LogP contribution in [0.25, 0.3) is 0 Å². The Bertz CT molecular complexity index is 584. The lowest BCUT2D eigenvalue weighted by Gasteiger charge is -2.02. The first-order valence-electron chi connectivity index (χ1n) is 5.25. The molecule has 0 aliphatic heterocycles. The van der Waals surface area contributed by atoms with Crippen molar-refractivity contribution >= 4 is 23.1 Å². The quantitative estimate of drug-likeness (QED) is 0.868. The first-order chi connectivity index (χ1) is 8.56. The summed E-state index contributed by atoms with van der Waals surface area (Å²) in [7, 11) is 0. The van der Waals surface area contributed by atoms with E-state index in [-0.39, 0.29) is 17.2 Å². The van der Waals surface area contributed by atoms with Crippen molar-refractivity contribution in [3.63, 3.8) is 0 Å². The lowest BCUT2D eigenvalue weighted by molar-refractivity contribution is 0.0988. The Morgan fingerprint density at radius 1 is 1.33 bits per heavy atom. The molecule has 0 aliphatic carbocycles. The summed E-state index contributed by atoms with van der Waals surface area (Å²) >= 11 is 5.65. The predicted octanol–water partition coefficient (Wildman–Crippen LogP) is 2.88. The van der Waals surface area contributed by atoms with Gasteiger partial charge in [-0.15, -0.1) is 0 Å². The minimum absolute atomic E-state index is 0.00515. The maximum atomic E-state index is 13.0. The highest BCUT2D eigenvalue weighted by atomic mass is 35.5. The van der Waals surface area contributed by atoms with Gasteiger partial charge in [0.25, 0.3) is 0 Å². The van der Waals surface area contributed by atoms with Crippen molar-refractivity contribution in [2.45, 2.75) is 6.42 Å². The van der Waals surface area contributed by atoms with Gasteiger partial charge in [0, 0.05) is 6.42 Å². The minimum atomic E-state index is -0.501. The number of carbonyl (C=O) groups excluding carboxylic acids is 1. The van der Waals surface area contributed by atoms with Gasteiger partial charge in [0.15, 0.2) is 5.78 Å². The summed E-state index contributed by atoms with van der Waals surface area (Å²) in [6.45, 7) is 0. The number of benzene rings is 1. The number of aromatic nitrogens is 1. The van der Waals surface area contributed by atoms with Crippen LogP contribution in [0.15, 0.2) is 36.5 Å². The molecule has 0 bridgehead atoms. The average Bonchev–Trinajstić information content (AvgIpc) is 2.34. The van der Waals surface area contributed by atoms with Crippen molar-refractivity contribution < 1.29 is 9.18 Å². The predicted molar refractivity (Wildman–Crippen MR) is 68.1 cm³/mol. The summed E-state index contributed by atoms with van der Waals surface area (Å²) in [6.07, 6.45) is 1.54. The standard InChI is InChI=1S/C13H10ClFN2O/c14-10-5-8(1-3-11(10)15)6-13(18)12-4-2-9(16)7-17-12/h1-5,7H,6,16H2. The number of rotatable bonds is 3. The van der Waals surface area contributed by atoms with Crippen molar-refractivity contribution in [1.82, 2.24) is 4.98 Å². The van der Waals surface area contributed by atoms with Crippen LogP contribution in [0.4, 0.5) is 10.1 Å². The molecular formula is C13H10ClFN2O. The largest absolute Gasteiger partial charge is 0.397 e. The van der Waals surface area contributed by atoms with Crippen LogP contribution < -0.4 is 5.73 Å². The molecule has 0 amide bonds. The summed E-state index contributed by atoms with van der Waals surface area (Å²) in [5, 5.41) is 0.00515. The molecule has 2 rings (SSSR count). The van der Waals surface area contributed by atoms with Gasteiger partial charge in [-0.3, -0.25) is 9.78 Å². The third-order valence-corrected chi connectivity index (χ3v) is 2.71. The van der Waals surface area contributed by atoms with Crippen LogP contribution >= 0.6 is 11.6 Å². The second-order valence-corrected chi connectivity index (χ2v) is 4.23. The number of ketones is 1. The number of pyridine rings is 1. The molecule has 0 spiro atoms. The number of nitrogens with zero attached hydrogens (tertiary/aromatic N) is 1. The van der Waals surface area contributed by atoms with Gasteiger partial charge in [-0.1, -0.05) is 17.7 Å². The minimum Gasteiger partial charge on any atom is -0.397 e. The molecule has 0 atom stereocenters. The Balaban J connectivity index is 2.16. The first kappa shape index (κ1) is 12.5. The van der Waals surface area contributed by atoms with Gasteiger partial charge in [-0.25, -0.2) is 4.39 Å². The van der Waals surface area contributed by atoms with Crippen molar-refractivity contribution in [3.8, 4) is 0 Å². The molecule has 0 fully saturated rings. The van der Waals surface area contributed by atoms with Crippen molar-refractivity contribution in [1.29, 1.82) is 0 Å². The zero-order valence-corrected chi connectivity index (χ0v) is 10.1. The molecule has 0 unspecified atom stereocenters. The zero-order valence-electron chi connectivity index (χ0n) is 9.36. The Kier molecular flexibility index (Phi) is 3.58. The average molecular weight is 265 g/mol. The first-order valence-corrected chi connectivity index (χ1v) is 5.63. The van der Waals surface area contributed by atoms with Gasteiger partial charge in [0.05, 0.1) is 16.9 Å². The van der Waals surface area contributed by atoms with Crippen LogP contribution in [-0.2, 0) is 6.42 Å². The number of carbonyl (C=O) groups is 1. The van der Waals surface area contributed by atoms with E-state index in [1.54, 1.807) is 12.1 Å². The van der Waals surface area contributed by atoms with Crippen LogP contribution in [0, 0.1) is 5.82 Å². The van der Waals surface area contributed by atoms with Gasteiger partial charge in [-0.2, -0.15) is 0 Å². The molecule has 1 heterocycles. The normalized spacial score (nSPS) is 10.3. The van der Waals surface area contributed by atoms with Crippen molar-refractivity contribution in [3.05, 3.63) is 58.6 Å². The van der Waals surface area contributed by atoms with Crippen LogP contribution in [0.1, 0.15) is 16.1 Å². The van der Waals surface area contributed by atoms with E-state index in [0.29, 0.717) is 16.9 Å². The maximum absolute atomic E-state index is 13.0. The fraction of sp³-hybridized carbons (Fsp3) is 0.0769. The summed E-state index contributed by atoms with van der Waals surface area (Å²) in [5.41, 5.74) is 6.95. The lowest BCUT2D eigenvalue weighted by Crippen LogP contribution is -2.06. The number of Topliss-reactive ketones (excluding diaryl/α,β-unsaturated/α-hetero) is 1. The Morgan fingerprint density at radius 3 is 2.72 bits per heavy atom. The summed E-state index contributed by atoms with van der Waals surface area (Å²) in [6, 6.07) is 7.37. The summed E-state index contributed by atoms with van der Waals surface area (Å²) in [4.78, 5) is 15.8. The second kappa shape index (κ2) is 5.14. The van der Waals surface area contributed by atoms with Crippen LogP contribution in [0.5, 0.6) is 0 Å². The number of hydrogen-bond donors (Lipinski definition) is 1. The van der Waals surface area contributed by atoms with E-state index in [4.69, 9.17) is 17.3 Å². The Morgan fingerprint density at radius 2 is 2.11 bits per heavy atom. The van der Waals surface area contributed by atoms with E-state index in [9.17, 15) is 9.18 Å². The Labute approximate surface area is 108 Å². The van der Waals surface area contributed by atoms with Crippen molar-refractivity contribution in [2.75, 3.05) is 5.73 Å². The number of halogens is 2.